The summed E-state index contributed by atoms with van der Waals surface area (Å²) in [5, 5.41) is 6.18. The van der Waals surface area contributed by atoms with Gasteiger partial charge in [0, 0.05) is 11.9 Å². The topological polar surface area (TPSA) is 34.1 Å². The van der Waals surface area contributed by atoms with Crippen LogP contribution in [0.2, 0.25) is 0 Å². The molecule has 0 aliphatic heterocycles. The van der Waals surface area contributed by atoms with Crippen molar-refractivity contribution < 1.29 is 4.74 Å². The Labute approximate surface area is 105 Å². The molecule has 0 aliphatic carbocycles. The van der Waals surface area contributed by atoms with Crippen LogP contribution in [0.1, 0.15) is 11.3 Å². The Morgan fingerprint density at radius 1 is 1.41 bits per heavy atom. The molecule has 1 aromatic carbocycles. The van der Waals surface area contributed by atoms with E-state index in [9.17, 15) is 0 Å². The first kappa shape index (κ1) is 12.1. The summed E-state index contributed by atoms with van der Waals surface area (Å²) >= 11 is 1.65. The van der Waals surface area contributed by atoms with Gasteiger partial charge in [-0.3, -0.25) is 0 Å². The third-order valence-corrected chi connectivity index (χ3v) is 3.42. The molecule has 0 radical (unpaired) electrons. The van der Waals surface area contributed by atoms with Crippen molar-refractivity contribution in [2.24, 2.45) is 0 Å². The fraction of sp³-hybridized carbons (Fsp3) is 0.308. The van der Waals surface area contributed by atoms with E-state index in [2.05, 4.69) is 34.7 Å². The van der Waals surface area contributed by atoms with E-state index in [4.69, 9.17) is 4.74 Å². The molecule has 2 aromatic rings. The van der Waals surface area contributed by atoms with Crippen LogP contribution in [0.4, 0.5) is 0 Å². The number of nitrogens with one attached hydrogen (secondary N) is 1. The quantitative estimate of drug-likeness (QED) is 0.903. The van der Waals surface area contributed by atoms with Crippen LogP contribution in [0.3, 0.4) is 0 Å². The first-order chi connectivity index (χ1) is 8.24. The Morgan fingerprint density at radius 2 is 2.24 bits per heavy atom. The van der Waals surface area contributed by atoms with E-state index in [1.807, 2.05) is 13.1 Å². The van der Waals surface area contributed by atoms with Crippen molar-refractivity contribution in [2.75, 3.05) is 14.2 Å². The van der Waals surface area contributed by atoms with E-state index in [0.717, 1.165) is 28.6 Å². The molecule has 3 nitrogen and oxygen atoms in total. The van der Waals surface area contributed by atoms with Crippen molar-refractivity contribution in [1.29, 1.82) is 0 Å². The van der Waals surface area contributed by atoms with Gasteiger partial charge < -0.3 is 10.1 Å². The van der Waals surface area contributed by atoms with E-state index < -0.39 is 0 Å². The van der Waals surface area contributed by atoms with Crippen LogP contribution >= 0.6 is 11.3 Å². The fourth-order valence-corrected chi connectivity index (χ4v) is 2.52. The summed E-state index contributed by atoms with van der Waals surface area (Å²) in [6.07, 6.45) is 0. The third-order valence-electron chi connectivity index (χ3n) is 2.50. The van der Waals surface area contributed by atoms with Gasteiger partial charge in [0.25, 0.3) is 0 Å². The predicted molar refractivity (Wildman–Crippen MR) is 71.6 cm³/mol. The average Bonchev–Trinajstić information content (AvgIpc) is 2.78. The molecule has 17 heavy (non-hydrogen) atoms. The molecule has 0 saturated carbocycles. The van der Waals surface area contributed by atoms with Gasteiger partial charge in [-0.2, -0.15) is 0 Å². The summed E-state index contributed by atoms with van der Waals surface area (Å²) in [5.41, 5.74) is 3.32. The third kappa shape index (κ3) is 2.65. The van der Waals surface area contributed by atoms with Crippen LogP contribution in [0.5, 0.6) is 5.75 Å². The highest BCUT2D eigenvalue weighted by molar-refractivity contribution is 7.13. The second-order valence-electron chi connectivity index (χ2n) is 3.88. The normalized spacial score (nSPS) is 10.5. The fourth-order valence-electron chi connectivity index (χ4n) is 1.67. The van der Waals surface area contributed by atoms with Crippen molar-refractivity contribution in [3.63, 3.8) is 0 Å². The molecule has 0 spiro atoms. The molecule has 0 saturated heterocycles. The molecule has 0 amide bonds. The maximum Gasteiger partial charge on any atom is 0.129 e. The highest BCUT2D eigenvalue weighted by Gasteiger charge is 2.10. The van der Waals surface area contributed by atoms with Gasteiger partial charge in [0.15, 0.2) is 0 Å². The van der Waals surface area contributed by atoms with Crippen molar-refractivity contribution in [1.82, 2.24) is 10.3 Å². The van der Waals surface area contributed by atoms with Crippen molar-refractivity contribution in [2.45, 2.75) is 13.5 Å². The number of hydrogen-bond donors (Lipinski definition) is 1. The minimum atomic E-state index is 0.796. The lowest BCUT2D eigenvalue weighted by atomic mass is 10.1. The second kappa shape index (κ2) is 5.29. The number of ether oxygens (including phenoxy) is 1. The number of aryl methyl sites for hydroxylation is 1. The highest BCUT2D eigenvalue weighted by atomic mass is 32.1. The van der Waals surface area contributed by atoms with Crippen molar-refractivity contribution in [3.8, 4) is 16.3 Å². The molecule has 1 aromatic heterocycles. The van der Waals surface area contributed by atoms with Gasteiger partial charge in [0.2, 0.25) is 0 Å². The highest BCUT2D eigenvalue weighted by Crippen LogP contribution is 2.32. The summed E-state index contributed by atoms with van der Waals surface area (Å²) in [6, 6.07) is 6.18. The maximum atomic E-state index is 5.40. The molecule has 0 atom stereocenters. The molecule has 2 rings (SSSR count). The minimum Gasteiger partial charge on any atom is -0.496 e. The number of benzene rings is 1. The second-order valence-corrected chi connectivity index (χ2v) is 4.74. The summed E-state index contributed by atoms with van der Waals surface area (Å²) in [5.74, 6) is 0.885. The number of methoxy groups -OCH3 is 1. The van der Waals surface area contributed by atoms with E-state index in [0.29, 0.717) is 0 Å². The zero-order chi connectivity index (χ0) is 12.3. The van der Waals surface area contributed by atoms with Gasteiger partial charge >= 0.3 is 0 Å². The number of aromatic nitrogens is 1. The van der Waals surface area contributed by atoms with Crippen LogP contribution in [0.25, 0.3) is 10.6 Å². The summed E-state index contributed by atoms with van der Waals surface area (Å²) in [6.45, 7) is 2.85. The van der Waals surface area contributed by atoms with Crippen LogP contribution < -0.4 is 10.1 Å². The molecular weight excluding hydrogens is 232 g/mol. The van der Waals surface area contributed by atoms with Gasteiger partial charge in [-0.15, -0.1) is 11.3 Å². The Bertz CT molecular complexity index is 508. The average molecular weight is 248 g/mol. The Kier molecular flexibility index (Phi) is 3.76. The Morgan fingerprint density at radius 3 is 2.94 bits per heavy atom. The zero-order valence-corrected chi connectivity index (χ0v) is 11.1. The lowest BCUT2D eigenvalue weighted by Crippen LogP contribution is -2.04. The smallest absolute Gasteiger partial charge is 0.129 e. The summed E-state index contributed by atoms with van der Waals surface area (Å²) in [4.78, 5) is 4.58. The van der Waals surface area contributed by atoms with Crippen LogP contribution in [-0.4, -0.2) is 19.1 Å². The van der Waals surface area contributed by atoms with Crippen LogP contribution in [0, 0.1) is 6.92 Å². The van der Waals surface area contributed by atoms with E-state index in [-0.39, 0.29) is 0 Å². The SMILES string of the molecule is CNCc1csc(-c2ccc(C)cc2OC)n1. The minimum absolute atomic E-state index is 0.796. The molecule has 0 aliphatic rings. The molecule has 4 heteroatoms. The molecule has 0 bridgehead atoms. The molecule has 90 valence electrons. The standard InChI is InChI=1S/C13H16N2OS/c1-9-4-5-11(12(6-9)16-3)13-15-10(7-14-2)8-17-13/h4-6,8,14H,7H2,1-3H3. The summed E-state index contributed by atoms with van der Waals surface area (Å²) < 4.78 is 5.40. The summed E-state index contributed by atoms with van der Waals surface area (Å²) in [7, 11) is 3.62. The number of nitrogens with zero attached hydrogens (tertiary/aromatic N) is 1. The largest absolute Gasteiger partial charge is 0.496 e. The number of rotatable bonds is 4. The zero-order valence-electron chi connectivity index (χ0n) is 10.3. The number of thiazole rings is 1. The van der Waals surface area contributed by atoms with Crippen LogP contribution in [-0.2, 0) is 6.54 Å². The lowest BCUT2D eigenvalue weighted by Gasteiger charge is -2.06. The molecule has 1 N–H and O–H groups in total. The first-order valence-corrected chi connectivity index (χ1v) is 6.36. The maximum absolute atomic E-state index is 5.40. The van der Waals surface area contributed by atoms with Crippen molar-refractivity contribution >= 4 is 11.3 Å². The molecule has 0 fully saturated rings. The lowest BCUT2D eigenvalue weighted by molar-refractivity contribution is 0.416. The predicted octanol–water partition coefficient (Wildman–Crippen LogP) is 2.85. The number of hydrogen-bond acceptors (Lipinski definition) is 4. The first-order valence-electron chi connectivity index (χ1n) is 5.48. The molecule has 1 heterocycles. The van der Waals surface area contributed by atoms with Gasteiger partial charge in [-0.1, -0.05) is 6.07 Å². The van der Waals surface area contributed by atoms with Crippen LogP contribution in [0.15, 0.2) is 23.6 Å². The van der Waals surface area contributed by atoms with Gasteiger partial charge in [0.05, 0.1) is 18.4 Å². The van der Waals surface area contributed by atoms with E-state index in [1.165, 1.54) is 5.56 Å². The van der Waals surface area contributed by atoms with E-state index >= 15 is 0 Å². The Hall–Kier alpha value is -1.39. The van der Waals surface area contributed by atoms with Crippen molar-refractivity contribution in [3.05, 3.63) is 34.8 Å². The van der Waals surface area contributed by atoms with Gasteiger partial charge in [-0.25, -0.2) is 4.98 Å². The van der Waals surface area contributed by atoms with E-state index in [1.54, 1.807) is 18.4 Å². The molecule has 0 unspecified atom stereocenters. The van der Waals surface area contributed by atoms with Gasteiger partial charge in [0.1, 0.15) is 10.8 Å². The molecular formula is C13H16N2OS. The van der Waals surface area contributed by atoms with Gasteiger partial charge in [-0.05, 0) is 31.7 Å². The Balaban J connectivity index is 2.37. The monoisotopic (exact) mass is 248 g/mol.